The van der Waals surface area contributed by atoms with Crippen LogP contribution in [0.2, 0.25) is 0 Å². The molecule has 0 saturated carbocycles. The number of carbonyl (C=O) groups is 1. The van der Waals surface area contributed by atoms with E-state index in [-0.39, 0.29) is 12.0 Å². The Morgan fingerprint density at radius 3 is 2.20 bits per heavy atom. The third-order valence-electron chi connectivity index (χ3n) is 3.41. The lowest BCUT2D eigenvalue weighted by molar-refractivity contribution is -0.140. The maximum atomic E-state index is 11.7. The molecule has 6 heteroatoms. The van der Waals surface area contributed by atoms with Gasteiger partial charge in [0.2, 0.25) is 4.75 Å². The monoisotopic (exact) mass is 300 g/mol. The number of rotatable bonds is 8. The van der Waals surface area contributed by atoms with Gasteiger partial charge in [-0.25, -0.2) is 0 Å². The smallest absolute Gasteiger partial charge is 0.332 e. The SMILES string of the molecule is CCCCCCC(C(=O)O)(c1ccccc1)S(=O)(=O)O. The lowest BCUT2D eigenvalue weighted by Gasteiger charge is -2.26. The predicted octanol–water partition coefficient (Wildman–Crippen LogP) is 2.82. The lowest BCUT2D eigenvalue weighted by Crippen LogP contribution is -2.43. The van der Waals surface area contributed by atoms with Crippen molar-refractivity contribution in [2.75, 3.05) is 0 Å². The van der Waals surface area contributed by atoms with Gasteiger partial charge in [-0.2, -0.15) is 8.42 Å². The molecule has 0 fully saturated rings. The minimum absolute atomic E-state index is 0.0894. The van der Waals surface area contributed by atoms with Crippen molar-refractivity contribution in [3.63, 3.8) is 0 Å². The quantitative estimate of drug-likeness (QED) is 0.569. The van der Waals surface area contributed by atoms with Crippen LogP contribution < -0.4 is 0 Å². The Morgan fingerprint density at radius 2 is 1.75 bits per heavy atom. The van der Waals surface area contributed by atoms with Gasteiger partial charge in [0.1, 0.15) is 0 Å². The fourth-order valence-corrected chi connectivity index (χ4v) is 3.33. The maximum Gasteiger partial charge on any atom is 0.332 e. The van der Waals surface area contributed by atoms with E-state index in [1.165, 1.54) is 12.1 Å². The first-order chi connectivity index (χ1) is 9.36. The molecule has 0 saturated heterocycles. The Hall–Kier alpha value is -1.40. The Kier molecular flexibility index (Phi) is 5.71. The molecule has 0 aliphatic rings. The lowest BCUT2D eigenvalue weighted by atomic mass is 9.92. The summed E-state index contributed by atoms with van der Waals surface area (Å²) in [5.74, 6) is -1.54. The molecule has 1 atom stereocenters. The summed E-state index contributed by atoms with van der Waals surface area (Å²) in [6.45, 7) is 2.00. The van der Waals surface area contributed by atoms with E-state index in [9.17, 15) is 22.9 Å². The third-order valence-corrected chi connectivity index (χ3v) is 4.90. The Labute approximate surface area is 119 Å². The molecule has 2 N–H and O–H groups in total. The first-order valence-electron chi connectivity index (χ1n) is 6.62. The van der Waals surface area contributed by atoms with Crippen molar-refractivity contribution in [1.82, 2.24) is 0 Å². The van der Waals surface area contributed by atoms with Crippen molar-refractivity contribution in [3.05, 3.63) is 35.9 Å². The van der Waals surface area contributed by atoms with Crippen LogP contribution in [0.15, 0.2) is 30.3 Å². The number of hydrogen-bond donors (Lipinski definition) is 2. The molecule has 1 aromatic carbocycles. The largest absolute Gasteiger partial charge is 0.480 e. The number of benzene rings is 1. The van der Waals surface area contributed by atoms with Gasteiger partial charge in [-0.05, 0) is 12.0 Å². The van der Waals surface area contributed by atoms with Gasteiger partial charge in [-0.3, -0.25) is 9.35 Å². The van der Waals surface area contributed by atoms with E-state index < -0.39 is 20.8 Å². The summed E-state index contributed by atoms with van der Waals surface area (Å²) < 4.78 is 30.7. The molecule has 20 heavy (non-hydrogen) atoms. The van der Waals surface area contributed by atoms with Gasteiger partial charge in [0, 0.05) is 0 Å². The van der Waals surface area contributed by atoms with Crippen LogP contribution in [0, 0.1) is 0 Å². The second-order valence-electron chi connectivity index (χ2n) is 4.78. The van der Waals surface area contributed by atoms with E-state index in [2.05, 4.69) is 0 Å². The topological polar surface area (TPSA) is 91.7 Å². The number of unbranched alkanes of at least 4 members (excludes halogenated alkanes) is 3. The molecule has 5 nitrogen and oxygen atoms in total. The van der Waals surface area contributed by atoms with Crippen molar-refractivity contribution in [2.24, 2.45) is 0 Å². The molecule has 0 bridgehead atoms. The standard InChI is InChI=1S/C14H20O5S/c1-2-3-4-8-11-14(13(15)16,20(17,18)19)12-9-6-5-7-10-12/h5-7,9-10H,2-4,8,11H2,1H3,(H,15,16)(H,17,18,19). The van der Waals surface area contributed by atoms with E-state index >= 15 is 0 Å². The van der Waals surface area contributed by atoms with Gasteiger partial charge in [0.15, 0.2) is 0 Å². The summed E-state index contributed by atoms with van der Waals surface area (Å²) in [6, 6.07) is 7.62. The molecule has 1 unspecified atom stereocenters. The molecule has 0 heterocycles. The van der Waals surface area contributed by atoms with Gasteiger partial charge in [-0.15, -0.1) is 0 Å². The molecular weight excluding hydrogens is 280 g/mol. The van der Waals surface area contributed by atoms with Gasteiger partial charge < -0.3 is 5.11 Å². The number of hydrogen-bond acceptors (Lipinski definition) is 3. The highest BCUT2D eigenvalue weighted by molar-refractivity contribution is 7.87. The molecule has 0 aromatic heterocycles. The number of carboxylic acids is 1. The number of carboxylic acid groups (broad SMARTS) is 1. The Morgan fingerprint density at radius 1 is 1.15 bits per heavy atom. The minimum atomic E-state index is -4.77. The van der Waals surface area contributed by atoms with Gasteiger partial charge in [0.05, 0.1) is 0 Å². The fourth-order valence-electron chi connectivity index (χ4n) is 2.27. The summed E-state index contributed by atoms with van der Waals surface area (Å²) >= 11 is 0. The van der Waals surface area contributed by atoms with E-state index in [0.29, 0.717) is 6.42 Å². The molecule has 112 valence electrons. The van der Waals surface area contributed by atoms with Crippen LogP contribution in [0.1, 0.15) is 44.6 Å². The molecule has 1 aromatic rings. The highest BCUT2D eigenvalue weighted by atomic mass is 32.2. The highest BCUT2D eigenvalue weighted by Crippen LogP contribution is 2.35. The molecular formula is C14H20O5S. The zero-order valence-electron chi connectivity index (χ0n) is 11.4. The highest BCUT2D eigenvalue weighted by Gasteiger charge is 2.51. The van der Waals surface area contributed by atoms with Gasteiger partial charge in [-0.1, -0.05) is 62.9 Å². The average molecular weight is 300 g/mol. The summed E-state index contributed by atoms with van der Waals surface area (Å²) in [5.41, 5.74) is 0.0894. The first kappa shape index (κ1) is 16.7. The van der Waals surface area contributed by atoms with Gasteiger partial charge >= 0.3 is 5.97 Å². The van der Waals surface area contributed by atoms with Crippen molar-refractivity contribution in [2.45, 2.75) is 43.8 Å². The van der Waals surface area contributed by atoms with Crippen LogP contribution >= 0.6 is 0 Å². The zero-order valence-corrected chi connectivity index (χ0v) is 12.3. The molecule has 0 radical (unpaired) electrons. The van der Waals surface area contributed by atoms with Crippen LogP contribution in [-0.4, -0.2) is 24.0 Å². The molecule has 1 rings (SSSR count). The van der Waals surface area contributed by atoms with Crippen LogP contribution in [0.3, 0.4) is 0 Å². The van der Waals surface area contributed by atoms with E-state index in [0.717, 1.165) is 19.3 Å². The van der Waals surface area contributed by atoms with Crippen LogP contribution in [0.4, 0.5) is 0 Å². The van der Waals surface area contributed by atoms with Crippen LogP contribution in [0.5, 0.6) is 0 Å². The Balaban J connectivity index is 3.21. The van der Waals surface area contributed by atoms with Crippen molar-refractivity contribution >= 4 is 16.1 Å². The predicted molar refractivity (Wildman–Crippen MR) is 76.1 cm³/mol. The van der Waals surface area contributed by atoms with E-state index in [4.69, 9.17) is 0 Å². The summed E-state index contributed by atoms with van der Waals surface area (Å²) in [5, 5.41) is 9.43. The van der Waals surface area contributed by atoms with Crippen LogP contribution in [0.25, 0.3) is 0 Å². The maximum absolute atomic E-state index is 11.7. The van der Waals surface area contributed by atoms with Crippen molar-refractivity contribution in [1.29, 1.82) is 0 Å². The zero-order chi connectivity index (χ0) is 15.2. The van der Waals surface area contributed by atoms with Crippen molar-refractivity contribution < 1.29 is 22.9 Å². The molecule has 0 aliphatic carbocycles. The van der Waals surface area contributed by atoms with Gasteiger partial charge in [0.25, 0.3) is 10.1 Å². The molecule has 0 amide bonds. The second kappa shape index (κ2) is 6.85. The van der Waals surface area contributed by atoms with E-state index in [1.54, 1.807) is 18.2 Å². The van der Waals surface area contributed by atoms with Crippen LogP contribution in [-0.2, 0) is 19.7 Å². The minimum Gasteiger partial charge on any atom is -0.480 e. The summed E-state index contributed by atoms with van der Waals surface area (Å²) in [7, 11) is -4.77. The molecule has 0 spiro atoms. The second-order valence-corrected chi connectivity index (χ2v) is 6.43. The first-order valence-corrected chi connectivity index (χ1v) is 8.06. The van der Waals surface area contributed by atoms with Crippen molar-refractivity contribution in [3.8, 4) is 0 Å². The summed E-state index contributed by atoms with van der Waals surface area (Å²) in [4.78, 5) is 11.6. The normalized spacial score (nSPS) is 14.7. The summed E-state index contributed by atoms with van der Waals surface area (Å²) in [6.07, 6.45) is 2.88. The fraction of sp³-hybridized carbons (Fsp3) is 0.500. The number of aliphatic carboxylic acids is 1. The average Bonchev–Trinajstić information content (AvgIpc) is 2.38. The molecule has 0 aliphatic heterocycles. The third kappa shape index (κ3) is 3.37. The van der Waals surface area contributed by atoms with E-state index in [1.807, 2.05) is 6.92 Å². The Bertz CT molecular complexity index is 538.